The van der Waals surface area contributed by atoms with Crippen LogP contribution in [0.25, 0.3) is 16.8 Å². The lowest BCUT2D eigenvalue weighted by Crippen LogP contribution is -2.38. The summed E-state index contributed by atoms with van der Waals surface area (Å²) < 4.78 is 10.6. The summed E-state index contributed by atoms with van der Waals surface area (Å²) in [4.78, 5) is 2.40. The van der Waals surface area contributed by atoms with Crippen molar-refractivity contribution in [2.45, 2.75) is 26.9 Å². The second-order valence-electron chi connectivity index (χ2n) is 6.29. The maximum absolute atomic E-state index is 6.28. The van der Waals surface area contributed by atoms with Gasteiger partial charge in [0.15, 0.2) is 11.0 Å². The average Bonchev–Trinajstić information content (AvgIpc) is 3.22. The molecule has 2 aliphatic rings. The van der Waals surface area contributed by atoms with Crippen molar-refractivity contribution in [1.82, 2.24) is 9.47 Å². The van der Waals surface area contributed by atoms with Gasteiger partial charge in [0.1, 0.15) is 13.2 Å². The smallest absolute Gasteiger partial charge is 0.325 e. The zero-order valence-corrected chi connectivity index (χ0v) is 17.3. The number of aryl methyl sites for hydroxylation is 1. The number of imidazole rings is 1. The Hall–Kier alpha value is -1.30. The fourth-order valence-electron chi connectivity index (χ4n) is 3.66. The number of allylic oxidation sites excluding steroid dienone is 2. The van der Waals surface area contributed by atoms with Crippen LogP contribution in [0, 0.1) is 0 Å². The first-order valence-electron chi connectivity index (χ1n) is 8.98. The number of aromatic nitrogens is 2. The summed E-state index contributed by atoms with van der Waals surface area (Å²) in [6.07, 6.45) is 4.29. The van der Waals surface area contributed by atoms with Gasteiger partial charge in [0.05, 0.1) is 21.6 Å². The zero-order valence-electron chi connectivity index (χ0n) is 15.0. The molecule has 0 bridgehead atoms. The number of hydrogen-bond donors (Lipinski definition) is 0. The van der Waals surface area contributed by atoms with Gasteiger partial charge in [-0.25, -0.2) is 9.13 Å². The normalized spacial score (nSPS) is 20.2. The highest BCUT2D eigenvalue weighted by Crippen LogP contribution is 2.32. The summed E-state index contributed by atoms with van der Waals surface area (Å²) in [6.45, 7) is 8.78. The Morgan fingerprint density at radius 2 is 2.00 bits per heavy atom. The van der Waals surface area contributed by atoms with Crippen molar-refractivity contribution >= 4 is 51.8 Å². The maximum Gasteiger partial charge on any atom is 0.325 e. The highest BCUT2D eigenvalue weighted by molar-refractivity contribution is 8.03. The van der Waals surface area contributed by atoms with Crippen molar-refractivity contribution in [3.8, 4) is 0 Å². The maximum atomic E-state index is 6.28. The van der Waals surface area contributed by atoms with Gasteiger partial charge < -0.3 is 9.64 Å². The van der Waals surface area contributed by atoms with Gasteiger partial charge in [-0.3, -0.25) is 0 Å². The van der Waals surface area contributed by atoms with Gasteiger partial charge in [0.25, 0.3) is 0 Å². The molecule has 0 amide bonds. The number of rotatable bonds is 3. The van der Waals surface area contributed by atoms with Crippen LogP contribution in [0.15, 0.2) is 29.3 Å². The summed E-state index contributed by atoms with van der Waals surface area (Å²) in [6, 6.07) is 3.91. The lowest BCUT2D eigenvalue weighted by molar-refractivity contribution is -0.672. The van der Waals surface area contributed by atoms with Crippen LogP contribution < -0.4 is 4.57 Å². The highest BCUT2D eigenvalue weighted by Gasteiger charge is 2.32. The van der Waals surface area contributed by atoms with Crippen LogP contribution >= 0.6 is 35.0 Å². The number of hydrogen-bond acceptors (Lipinski definition) is 3. The Kier molecular flexibility index (Phi) is 5.13. The Labute approximate surface area is 168 Å². The first-order chi connectivity index (χ1) is 12.6. The van der Waals surface area contributed by atoms with E-state index in [4.69, 9.17) is 27.9 Å². The van der Waals surface area contributed by atoms with Crippen molar-refractivity contribution < 1.29 is 9.30 Å². The van der Waals surface area contributed by atoms with Crippen LogP contribution in [0.1, 0.15) is 19.7 Å². The second kappa shape index (κ2) is 7.37. The van der Waals surface area contributed by atoms with Gasteiger partial charge in [0.2, 0.25) is 5.76 Å². The van der Waals surface area contributed by atoms with E-state index in [0.29, 0.717) is 16.7 Å². The van der Waals surface area contributed by atoms with Gasteiger partial charge in [-0.15, -0.1) is 11.8 Å². The van der Waals surface area contributed by atoms with E-state index in [9.17, 15) is 0 Å². The molecule has 26 heavy (non-hydrogen) atoms. The van der Waals surface area contributed by atoms with Crippen molar-refractivity contribution in [3.05, 3.63) is 45.2 Å². The summed E-state index contributed by atoms with van der Waals surface area (Å²) in [7, 11) is 0. The van der Waals surface area contributed by atoms with E-state index < -0.39 is 0 Å². The summed E-state index contributed by atoms with van der Waals surface area (Å²) >= 11 is 14.5. The quantitative estimate of drug-likeness (QED) is 0.693. The first kappa shape index (κ1) is 18.1. The topological polar surface area (TPSA) is 21.3 Å². The van der Waals surface area contributed by atoms with Crippen LogP contribution in [0.5, 0.6) is 0 Å². The van der Waals surface area contributed by atoms with Crippen molar-refractivity contribution in [2.24, 2.45) is 0 Å². The fourth-order valence-corrected chi connectivity index (χ4v) is 5.06. The molecule has 0 aliphatic carbocycles. The molecule has 3 heterocycles. The lowest BCUT2D eigenvalue weighted by Gasteiger charge is -2.16. The van der Waals surface area contributed by atoms with Crippen LogP contribution in [0.4, 0.5) is 0 Å². The monoisotopic (exact) mass is 410 g/mol. The molecule has 138 valence electrons. The molecule has 1 aromatic carbocycles. The number of nitrogens with zero attached hydrogens (tertiary/aromatic N) is 3. The van der Waals surface area contributed by atoms with Gasteiger partial charge >= 0.3 is 5.82 Å². The Bertz CT molecular complexity index is 880. The van der Waals surface area contributed by atoms with Crippen molar-refractivity contribution in [2.75, 3.05) is 25.4 Å². The molecular weight excluding hydrogens is 389 g/mol. The number of halogens is 2. The Morgan fingerprint density at radius 1 is 1.19 bits per heavy atom. The minimum absolute atomic E-state index is 0.582. The molecule has 2 aromatic rings. The predicted molar refractivity (Wildman–Crippen MR) is 110 cm³/mol. The van der Waals surface area contributed by atoms with E-state index >= 15 is 0 Å². The molecule has 1 aromatic heterocycles. The molecule has 0 saturated carbocycles. The van der Waals surface area contributed by atoms with Gasteiger partial charge in [-0.1, -0.05) is 23.2 Å². The fraction of sp³-hybridized carbons (Fsp3) is 0.421. The molecule has 0 unspecified atom stereocenters. The van der Waals surface area contributed by atoms with Crippen LogP contribution in [0.2, 0.25) is 10.0 Å². The van der Waals surface area contributed by atoms with Gasteiger partial charge in [0, 0.05) is 31.0 Å². The van der Waals surface area contributed by atoms with Crippen molar-refractivity contribution in [3.63, 3.8) is 0 Å². The summed E-state index contributed by atoms with van der Waals surface area (Å²) in [5.74, 6) is 3.13. The SMILES string of the molecule is CCN1CCSC1=CC=C1OCCn2c1[n+](CC)c1cc(Cl)c(Cl)cc12. The number of thioether (sulfide) groups is 1. The molecule has 0 radical (unpaired) electrons. The van der Waals surface area contributed by atoms with E-state index in [0.717, 1.165) is 54.5 Å². The molecule has 0 N–H and O–H groups in total. The molecule has 7 heteroatoms. The standard InChI is InChI=1S/C19H22Cl2N3OS/c1-3-22-8-10-26-18(22)6-5-17-19-23(4-2)15-11-13(20)14(21)12-16(15)24(19)7-9-25-17/h5-6,11-12H,3-4,7-10H2,1-2H3/q+1. The Morgan fingerprint density at radius 3 is 2.77 bits per heavy atom. The minimum Gasteiger partial charge on any atom is -0.482 e. The first-order valence-corrected chi connectivity index (χ1v) is 10.7. The molecule has 1 fully saturated rings. The van der Waals surface area contributed by atoms with Gasteiger partial charge in [-0.05, 0) is 26.0 Å². The molecule has 0 atom stereocenters. The molecule has 2 aliphatic heterocycles. The molecule has 4 rings (SSSR count). The van der Waals surface area contributed by atoms with E-state index in [1.807, 2.05) is 23.9 Å². The third kappa shape index (κ3) is 3.00. The Balaban J connectivity index is 1.85. The lowest BCUT2D eigenvalue weighted by atomic mass is 10.3. The van der Waals surface area contributed by atoms with Crippen molar-refractivity contribution in [1.29, 1.82) is 0 Å². The number of benzene rings is 1. The number of ether oxygens (including phenoxy) is 1. The van der Waals surface area contributed by atoms with E-state index in [-0.39, 0.29) is 0 Å². The molecular formula is C19H22Cl2N3OS+. The van der Waals surface area contributed by atoms with Gasteiger partial charge in [-0.2, -0.15) is 0 Å². The summed E-state index contributed by atoms with van der Waals surface area (Å²) in [5, 5.41) is 2.48. The third-order valence-electron chi connectivity index (χ3n) is 4.90. The predicted octanol–water partition coefficient (Wildman–Crippen LogP) is 4.54. The summed E-state index contributed by atoms with van der Waals surface area (Å²) in [5.41, 5.74) is 2.19. The van der Waals surface area contributed by atoms with Crippen LogP contribution in [-0.4, -0.2) is 34.9 Å². The average molecular weight is 411 g/mol. The molecule has 0 spiro atoms. The second-order valence-corrected chi connectivity index (χ2v) is 8.22. The molecule has 1 saturated heterocycles. The van der Waals surface area contributed by atoms with Crippen LogP contribution in [-0.2, 0) is 17.8 Å². The largest absolute Gasteiger partial charge is 0.482 e. The zero-order chi connectivity index (χ0) is 18.3. The van der Waals surface area contributed by atoms with E-state index in [1.54, 1.807) is 0 Å². The van der Waals surface area contributed by atoms with Crippen LogP contribution in [0.3, 0.4) is 0 Å². The third-order valence-corrected chi connectivity index (χ3v) is 6.70. The van der Waals surface area contributed by atoms with E-state index in [2.05, 4.69) is 40.0 Å². The minimum atomic E-state index is 0.582. The molecule has 4 nitrogen and oxygen atoms in total. The van der Waals surface area contributed by atoms with E-state index in [1.165, 1.54) is 5.03 Å². The number of fused-ring (bicyclic) bond motifs is 3. The highest BCUT2D eigenvalue weighted by atomic mass is 35.5.